The van der Waals surface area contributed by atoms with Crippen LogP contribution in [-0.4, -0.2) is 18.1 Å². The van der Waals surface area contributed by atoms with Crippen LogP contribution >= 0.6 is 0 Å². The maximum Gasteiger partial charge on any atom is 0.409 e. The van der Waals surface area contributed by atoms with E-state index in [9.17, 15) is 18.0 Å². The summed E-state index contributed by atoms with van der Waals surface area (Å²) in [5.41, 5.74) is -1.11. The van der Waals surface area contributed by atoms with Crippen LogP contribution in [0.2, 0.25) is 0 Å². The summed E-state index contributed by atoms with van der Waals surface area (Å²) in [5, 5.41) is 1.98. The number of nitrogens with one attached hydrogen (secondary N) is 1. The molecule has 1 N–H and O–H groups in total. The molecule has 80 valence electrons. The topological polar surface area (TPSA) is 29.1 Å². The van der Waals surface area contributed by atoms with Crippen LogP contribution in [-0.2, 0) is 4.79 Å². The first-order valence-corrected chi connectivity index (χ1v) is 4.84. The number of amides is 1. The van der Waals surface area contributed by atoms with Gasteiger partial charge in [0, 0.05) is 0 Å². The summed E-state index contributed by atoms with van der Waals surface area (Å²) in [4.78, 5) is 11.3. The molecule has 0 radical (unpaired) electrons. The van der Waals surface area contributed by atoms with Crippen molar-refractivity contribution in [2.75, 3.05) is 0 Å². The molecule has 2 rings (SSSR count). The van der Waals surface area contributed by atoms with Crippen molar-refractivity contribution in [1.82, 2.24) is 5.32 Å². The van der Waals surface area contributed by atoms with Crippen LogP contribution in [0.4, 0.5) is 13.2 Å². The number of carbonyl (C=O) groups excluding carboxylic acids is 1. The first-order chi connectivity index (χ1) is 6.47. The fourth-order valence-corrected chi connectivity index (χ4v) is 2.56. The Kier molecular flexibility index (Phi) is 2.01. The zero-order valence-electron chi connectivity index (χ0n) is 7.66. The van der Waals surface area contributed by atoms with Gasteiger partial charge in [-0.1, -0.05) is 19.3 Å². The summed E-state index contributed by atoms with van der Waals surface area (Å²) in [6.45, 7) is 0. The van der Waals surface area contributed by atoms with Crippen LogP contribution in [0, 0.1) is 5.41 Å². The van der Waals surface area contributed by atoms with E-state index in [0.29, 0.717) is 12.8 Å². The van der Waals surface area contributed by atoms with Crippen molar-refractivity contribution in [3.8, 4) is 0 Å². The molecule has 1 atom stereocenters. The summed E-state index contributed by atoms with van der Waals surface area (Å²) in [5.74, 6) is -0.403. The average Bonchev–Trinajstić information content (AvgIpc) is 2.14. The molecule has 5 heteroatoms. The summed E-state index contributed by atoms with van der Waals surface area (Å²) in [6, 6.07) is -1.59. The molecule has 1 heterocycles. The summed E-state index contributed by atoms with van der Waals surface area (Å²) >= 11 is 0. The Labute approximate surface area is 79.9 Å². The highest BCUT2D eigenvalue weighted by Gasteiger charge is 2.65. The smallest absolute Gasteiger partial charge is 0.343 e. The van der Waals surface area contributed by atoms with Gasteiger partial charge in [-0.05, 0) is 12.8 Å². The van der Waals surface area contributed by atoms with Crippen molar-refractivity contribution in [3.05, 3.63) is 0 Å². The predicted molar refractivity (Wildman–Crippen MR) is 43.5 cm³/mol. The van der Waals surface area contributed by atoms with Gasteiger partial charge >= 0.3 is 6.18 Å². The van der Waals surface area contributed by atoms with Gasteiger partial charge in [-0.2, -0.15) is 13.2 Å². The lowest BCUT2D eigenvalue weighted by Gasteiger charge is -2.51. The number of hydrogen-bond donors (Lipinski definition) is 1. The number of rotatable bonds is 0. The molecule has 1 unspecified atom stereocenters. The quantitative estimate of drug-likeness (QED) is 0.605. The van der Waals surface area contributed by atoms with Gasteiger partial charge in [0.15, 0.2) is 0 Å². The molecule has 1 amide bonds. The second-order valence-electron chi connectivity index (χ2n) is 4.16. The Morgan fingerprint density at radius 3 is 2.21 bits per heavy atom. The largest absolute Gasteiger partial charge is 0.409 e. The predicted octanol–water partition coefficient (Wildman–Crippen LogP) is 2.00. The van der Waals surface area contributed by atoms with E-state index in [1.54, 1.807) is 0 Å². The van der Waals surface area contributed by atoms with Crippen molar-refractivity contribution in [2.45, 2.75) is 44.3 Å². The Bertz CT molecular complexity index is 255. The highest BCUT2D eigenvalue weighted by Crippen LogP contribution is 2.49. The van der Waals surface area contributed by atoms with Gasteiger partial charge < -0.3 is 5.32 Å². The lowest BCUT2D eigenvalue weighted by atomic mass is 9.63. The van der Waals surface area contributed by atoms with E-state index < -0.39 is 23.5 Å². The van der Waals surface area contributed by atoms with E-state index >= 15 is 0 Å². The molecule has 2 fully saturated rings. The number of β-lactam (4-membered cyclic amide) rings is 1. The zero-order chi connectivity index (χ0) is 10.4. The van der Waals surface area contributed by atoms with Crippen molar-refractivity contribution >= 4 is 5.91 Å². The van der Waals surface area contributed by atoms with Gasteiger partial charge in [0.1, 0.15) is 6.04 Å². The van der Waals surface area contributed by atoms with Gasteiger partial charge in [-0.25, -0.2) is 0 Å². The van der Waals surface area contributed by atoms with E-state index in [-0.39, 0.29) is 0 Å². The number of halogens is 3. The molecule has 1 aliphatic carbocycles. The van der Waals surface area contributed by atoms with Crippen LogP contribution < -0.4 is 5.32 Å². The van der Waals surface area contributed by atoms with Crippen molar-refractivity contribution in [1.29, 1.82) is 0 Å². The van der Waals surface area contributed by atoms with E-state index in [1.165, 1.54) is 0 Å². The maximum atomic E-state index is 12.5. The van der Waals surface area contributed by atoms with E-state index in [2.05, 4.69) is 0 Å². The molecule has 0 aromatic carbocycles. The van der Waals surface area contributed by atoms with Crippen molar-refractivity contribution in [2.24, 2.45) is 5.41 Å². The van der Waals surface area contributed by atoms with Gasteiger partial charge in [0.2, 0.25) is 5.91 Å². The molecule has 2 aliphatic rings. The fourth-order valence-electron chi connectivity index (χ4n) is 2.56. The lowest BCUT2D eigenvalue weighted by Crippen LogP contribution is -2.72. The first-order valence-electron chi connectivity index (χ1n) is 4.84. The molecule has 0 bridgehead atoms. The van der Waals surface area contributed by atoms with E-state index in [4.69, 9.17) is 0 Å². The summed E-state index contributed by atoms with van der Waals surface area (Å²) in [6.07, 6.45) is -1.09. The monoisotopic (exact) mass is 207 g/mol. The molecule has 1 saturated carbocycles. The van der Waals surface area contributed by atoms with Gasteiger partial charge in [0.25, 0.3) is 0 Å². The molecule has 14 heavy (non-hydrogen) atoms. The average molecular weight is 207 g/mol. The Morgan fingerprint density at radius 1 is 1.21 bits per heavy atom. The Balaban J connectivity index is 2.18. The van der Waals surface area contributed by atoms with Crippen molar-refractivity contribution < 1.29 is 18.0 Å². The number of carbonyl (C=O) groups is 1. The maximum absolute atomic E-state index is 12.5. The van der Waals surface area contributed by atoms with Gasteiger partial charge in [0.05, 0.1) is 5.41 Å². The van der Waals surface area contributed by atoms with Crippen LogP contribution in [0.5, 0.6) is 0 Å². The highest BCUT2D eigenvalue weighted by atomic mass is 19.4. The van der Waals surface area contributed by atoms with Crippen LogP contribution in [0.15, 0.2) is 0 Å². The number of alkyl halides is 3. The Morgan fingerprint density at radius 2 is 1.79 bits per heavy atom. The minimum absolute atomic E-state index is 0.392. The second kappa shape index (κ2) is 2.87. The molecular formula is C9H12F3NO. The molecule has 2 nitrogen and oxygen atoms in total. The van der Waals surface area contributed by atoms with Crippen molar-refractivity contribution in [3.63, 3.8) is 0 Å². The minimum Gasteiger partial charge on any atom is -0.343 e. The SMILES string of the molecule is O=C1NC(C(F)(F)F)C12CCCCC2. The first kappa shape index (κ1) is 9.80. The van der Waals surface area contributed by atoms with Gasteiger partial charge in [-0.3, -0.25) is 4.79 Å². The van der Waals surface area contributed by atoms with Gasteiger partial charge in [-0.15, -0.1) is 0 Å². The fraction of sp³-hybridized carbons (Fsp3) is 0.889. The van der Waals surface area contributed by atoms with E-state index in [0.717, 1.165) is 19.3 Å². The molecule has 1 saturated heterocycles. The zero-order valence-corrected chi connectivity index (χ0v) is 7.66. The summed E-state index contributed by atoms with van der Waals surface area (Å²) < 4.78 is 37.5. The third kappa shape index (κ3) is 1.21. The van der Waals surface area contributed by atoms with E-state index in [1.807, 2.05) is 5.32 Å². The third-order valence-corrected chi connectivity index (χ3v) is 3.35. The molecular weight excluding hydrogens is 195 g/mol. The van der Waals surface area contributed by atoms with Crippen LogP contribution in [0.3, 0.4) is 0 Å². The minimum atomic E-state index is -4.29. The van der Waals surface area contributed by atoms with Crippen LogP contribution in [0.25, 0.3) is 0 Å². The molecule has 1 aliphatic heterocycles. The molecule has 0 aromatic rings. The third-order valence-electron chi connectivity index (χ3n) is 3.35. The Hall–Kier alpha value is -0.740. The standard InChI is InChI=1S/C9H12F3NO/c10-9(11,12)6-8(7(14)13-6)4-2-1-3-5-8/h6H,1-5H2,(H,13,14). The summed E-state index contributed by atoms with van der Waals surface area (Å²) in [7, 11) is 0. The second-order valence-corrected chi connectivity index (χ2v) is 4.16. The molecule has 0 aromatic heterocycles. The lowest BCUT2D eigenvalue weighted by molar-refractivity contribution is -0.217. The molecule has 1 spiro atoms. The van der Waals surface area contributed by atoms with Crippen LogP contribution in [0.1, 0.15) is 32.1 Å². The number of hydrogen-bond acceptors (Lipinski definition) is 1. The normalized spacial score (nSPS) is 31.1. The highest BCUT2D eigenvalue weighted by molar-refractivity contribution is 5.90.